The van der Waals surface area contributed by atoms with Crippen LogP contribution in [0.1, 0.15) is 109 Å². The number of carboxylic acids is 1. The monoisotopic (exact) mass is 728 g/mol. The van der Waals surface area contributed by atoms with E-state index < -0.39 is 49.4 Å². The summed E-state index contributed by atoms with van der Waals surface area (Å²) < 4.78 is 26.3. The molecule has 3 atom stereocenters. The average molecular weight is 729 g/mol. The van der Waals surface area contributed by atoms with Crippen molar-refractivity contribution in [3.63, 3.8) is 0 Å². The van der Waals surface area contributed by atoms with Crippen LogP contribution < -0.4 is 4.72 Å². The van der Waals surface area contributed by atoms with Crippen molar-refractivity contribution in [3.05, 3.63) is 83.9 Å². The fourth-order valence-electron chi connectivity index (χ4n) is 6.90. The van der Waals surface area contributed by atoms with Gasteiger partial charge in [0.05, 0.1) is 22.5 Å². The minimum Gasteiger partial charge on any atom is -0.479 e. The molecule has 0 spiro atoms. The molecule has 1 aliphatic heterocycles. The van der Waals surface area contributed by atoms with Crippen LogP contribution >= 0.6 is 11.8 Å². The summed E-state index contributed by atoms with van der Waals surface area (Å²) in [7, 11) is -3.30. The Balaban J connectivity index is 1.81. The molecule has 0 bridgehead atoms. The first-order valence-corrected chi connectivity index (χ1v) is 20.6. The zero-order chi connectivity index (χ0) is 36.8. The van der Waals surface area contributed by atoms with Crippen LogP contribution in [0.4, 0.5) is 4.79 Å². The highest BCUT2D eigenvalue weighted by Crippen LogP contribution is 2.56. The molecule has 0 saturated carbocycles. The molecule has 0 aliphatic carbocycles. The molecule has 2 aromatic carbocycles. The number of sulfonamides is 1. The van der Waals surface area contributed by atoms with Gasteiger partial charge in [0.2, 0.25) is 15.9 Å². The van der Waals surface area contributed by atoms with Crippen LogP contribution in [-0.2, 0) is 24.4 Å². The fourth-order valence-corrected chi connectivity index (χ4v) is 9.67. The van der Waals surface area contributed by atoms with Gasteiger partial charge in [-0.05, 0) is 60.9 Å². The van der Waals surface area contributed by atoms with Gasteiger partial charge in [-0.3, -0.25) is 14.5 Å². The number of nitrogens with one attached hydrogen (secondary N) is 1. The predicted octanol–water partition coefficient (Wildman–Crippen LogP) is 7.89. The minimum absolute atomic E-state index is 0.0716. The van der Waals surface area contributed by atoms with Gasteiger partial charge in [0, 0.05) is 6.54 Å². The summed E-state index contributed by atoms with van der Waals surface area (Å²) in [5, 5.41) is 21.4. The number of aliphatic hydroxyl groups is 1. The van der Waals surface area contributed by atoms with Crippen molar-refractivity contribution >= 4 is 38.9 Å². The third-order valence-electron chi connectivity index (χ3n) is 9.41. The van der Waals surface area contributed by atoms with E-state index in [2.05, 4.69) is 11.6 Å². The number of unbranched alkanes of at least 4 members (excludes halogenated alkanes) is 7. The molecule has 3 N–H and O–H groups in total. The van der Waals surface area contributed by atoms with Crippen LogP contribution in [0.5, 0.6) is 0 Å². The van der Waals surface area contributed by atoms with Crippen LogP contribution in [-0.4, -0.2) is 64.6 Å². The van der Waals surface area contributed by atoms with Gasteiger partial charge in [-0.1, -0.05) is 139 Å². The van der Waals surface area contributed by atoms with Gasteiger partial charge in [0.15, 0.2) is 5.60 Å². The number of carbonyl (C=O) groups excluding carboxylic acids is 2. The Morgan fingerprint density at radius 3 is 2.04 bits per heavy atom. The number of benzene rings is 2. The van der Waals surface area contributed by atoms with E-state index in [0.717, 1.165) is 55.0 Å². The highest BCUT2D eigenvalue weighted by molar-refractivity contribution is 8.15. The number of amides is 2. The van der Waals surface area contributed by atoms with Gasteiger partial charge in [0.1, 0.15) is 0 Å². The summed E-state index contributed by atoms with van der Waals surface area (Å²) in [4.78, 5) is 42.5. The maximum Gasteiger partial charge on any atom is 0.336 e. The van der Waals surface area contributed by atoms with Gasteiger partial charge in [0.25, 0.3) is 5.24 Å². The molecule has 1 aliphatic rings. The van der Waals surface area contributed by atoms with E-state index >= 15 is 0 Å². The highest BCUT2D eigenvalue weighted by atomic mass is 32.2. The molecule has 11 heteroatoms. The molecule has 0 unspecified atom stereocenters. The SMILES string of the molecule is CCCCCCNS(=O)(=O)CCCCCCC=C[C@H](C(=O)N1C(=O)SC(c2ccccc2)(c2ccccc2)[C@@H]1C(C)C)[C@@](O)(CCC)C(=O)O. The van der Waals surface area contributed by atoms with E-state index in [1.807, 2.05) is 74.5 Å². The first-order valence-electron chi connectivity index (χ1n) is 18.1. The number of thioether (sulfide) groups is 1. The summed E-state index contributed by atoms with van der Waals surface area (Å²) in [6.45, 7) is 8.21. The molecule has 0 aromatic heterocycles. The van der Waals surface area contributed by atoms with Crippen molar-refractivity contribution in [1.29, 1.82) is 0 Å². The second-order valence-corrected chi connectivity index (χ2v) is 16.7. The molecular formula is C39H56N2O7S2. The third kappa shape index (κ3) is 10.3. The van der Waals surface area contributed by atoms with Crippen molar-refractivity contribution in [2.24, 2.45) is 11.8 Å². The van der Waals surface area contributed by atoms with Crippen molar-refractivity contribution in [3.8, 4) is 0 Å². The first-order chi connectivity index (χ1) is 23.9. The maximum atomic E-state index is 14.6. The average Bonchev–Trinajstić information content (AvgIpc) is 3.42. The van der Waals surface area contributed by atoms with Crippen molar-refractivity contribution in [2.75, 3.05) is 12.3 Å². The summed E-state index contributed by atoms with van der Waals surface area (Å²) in [5.41, 5.74) is -0.719. The molecule has 3 rings (SSSR count). The Labute approximate surface area is 303 Å². The lowest BCUT2D eigenvalue weighted by molar-refractivity contribution is -0.169. The summed E-state index contributed by atoms with van der Waals surface area (Å²) in [6.07, 6.45) is 10.5. The minimum atomic E-state index is -3.30. The Hall–Kier alpha value is -2.99. The maximum absolute atomic E-state index is 14.6. The van der Waals surface area contributed by atoms with E-state index in [0.29, 0.717) is 38.6 Å². The van der Waals surface area contributed by atoms with Gasteiger partial charge in [-0.25, -0.2) is 17.9 Å². The number of aliphatic carboxylic acids is 1. The molecule has 2 aromatic rings. The Morgan fingerprint density at radius 1 is 0.920 bits per heavy atom. The Bertz CT molecular complexity index is 1480. The quantitative estimate of drug-likeness (QED) is 0.0822. The number of hydrogen-bond acceptors (Lipinski definition) is 7. The first kappa shape index (κ1) is 41.4. The van der Waals surface area contributed by atoms with Gasteiger partial charge in [-0.2, -0.15) is 0 Å². The molecule has 1 saturated heterocycles. The van der Waals surface area contributed by atoms with E-state index in [1.54, 1.807) is 13.0 Å². The topological polar surface area (TPSA) is 141 Å². The molecule has 9 nitrogen and oxygen atoms in total. The van der Waals surface area contributed by atoms with Gasteiger partial charge < -0.3 is 10.2 Å². The zero-order valence-electron chi connectivity index (χ0n) is 30.1. The largest absolute Gasteiger partial charge is 0.479 e. The van der Waals surface area contributed by atoms with Crippen LogP contribution in [0.2, 0.25) is 0 Å². The second-order valence-electron chi connectivity index (χ2n) is 13.6. The Kier molecular flexibility index (Phi) is 16.2. The molecule has 0 radical (unpaired) electrons. The lowest BCUT2D eigenvalue weighted by Crippen LogP contribution is -2.56. The van der Waals surface area contributed by atoms with Crippen molar-refractivity contribution in [1.82, 2.24) is 9.62 Å². The highest BCUT2D eigenvalue weighted by Gasteiger charge is 2.60. The number of allylic oxidation sites excluding steroid dienone is 1. The molecule has 1 heterocycles. The van der Waals surface area contributed by atoms with Crippen molar-refractivity contribution in [2.45, 2.75) is 115 Å². The van der Waals surface area contributed by atoms with E-state index in [4.69, 9.17) is 0 Å². The van der Waals surface area contributed by atoms with E-state index in [1.165, 1.54) is 11.0 Å². The summed E-state index contributed by atoms with van der Waals surface area (Å²) in [6, 6.07) is 18.5. The number of carboxylic acid groups (broad SMARTS) is 1. The van der Waals surface area contributed by atoms with Crippen LogP contribution in [0.15, 0.2) is 72.8 Å². The summed E-state index contributed by atoms with van der Waals surface area (Å²) in [5.74, 6) is -3.90. The second kappa shape index (κ2) is 19.6. The van der Waals surface area contributed by atoms with Crippen molar-refractivity contribution < 1.29 is 33.0 Å². The third-order valence-corrected chi connectivity index (χ3v) is 12.3. The van der Waals surface area contributed by atoms with E-state index in [-0.39, 0.29) is 18.1 Å². The standard InChI is InChI=1S/C39H56N2O7S2/c1-5-7-8-20-28-40-50(47,48)29-21-12-10-9-11-19-26-33(38(46,27-6-2)36(43)44)35(42)41-34(30(3)4)39(49-37(41)45,31-22-15-13-16-23-31)32-24-17-14-18-25-32/h13-19,22-26,30,33-34,40,46H,5-12,20-21,27-29H2,1-4H3,(H,43,44)/t33-,34+,38+/m1/s1. The molecule has 50 heavy (non-hydrogen) atoms. The summed E-state index contributed by atoms with van der Waals surface area (Å²) >= 11 is 1.06. The molecule has 276 valence electrons. The smallest absolute Gasteiger partial charge is 0.336 e. The Morgan fingerprint density at radius 2 is 1.50 bits per heavy atom. The van der Waals surface area contributed by atoms with Crippen LogP contribution in [0, 0.1) is 11.8 Å². The fraction of sp³-hybridized carbons (Fsp3) is 0.564. The van der Waals surface area contributed by atoms with Crippen LogP contribution in [0.3, 0.4) is 0 Å². The molecule has 1 fully saturated rings. The number of nitrogens with zero attached hydrogens (tertiary/aromatic N) is 1. The number of rotatable bonds is 22. The number of hydrogen-bond donors (Lipinski definition) is 3. The van der Waals surface area contributed by atoms with Gasteiger partial charge in [-0.15, -0.1) is 0 Å². The number of imide groups is 1. The lowest BCUT2D eigenvalue weighted by atomic mass is 9.77. The predicted molar refractivity (Wildman–Crippen MR) is 201 cm³/mol. The molecular weight excluding hydrogens is 673 g/mol. The van der Waals surface area contributed by atoms with Gasteiger partial charge >= 0.3 is 5.97 Å². The normalized spacial score (nSPS) is 18.1. The lowest BCUT2D eigenvalue weighted by Gasteiger charge is -2.41. The zero-order valence-corrected chi connectivity index (χ0v) is 31.7. The number of carbonyl (C=O) groups is 3. The van der Waals surface area contributed by atoms with E-state index in [9.17, 15) is 33.0 Å². The molecule has 2 amide bonds. The van der Waals surface area contributed by atoms with Crippen LogP contribution in [0.25, 0.3) is 0 Å².